The highest BCUT2D eigenvalue weighted by atomic mass is 32.2. The van der Waals surface area contributed by atoms with Gasteiger partial charge in [-0.1, -0.05) is 13.0 Å². The zero-order chi connectivity index (χ0) is 9.68. The smallest absolute Gasteiger partial charge is 0.137 e. The van der Waals surface area contributed by atoms with Crippen molar-refractivity contribution in [1.29, 1.82) is 0 Å². The SMILES string of the molecule is CCNCc1ccc(SC)c(F)c1. The molecule has 0 saturated heterocycles. The summed E-state index contributed by atoms with van der Waals surface area (Å²) in [7, 11) is 0. The Morgan fingerprint density at radius 3 is 2.77 bits per heavy atom. The summed E-state index contributed by atoms with van der Waals surface area (Å²) in [6, 6.07) is 5.37. The van der Waals surface area contributed by atoms with Crippen LogP contribution in [0.4, 0.5) is 4.39 Å². The van der Waals surface area contributed by atoms with Gasteiger partial charge in [0, 0.05) is 11.4 Å². The van der Waals surface area contributed by atoms with Crippen LogP contribution in [0.1, 0.15) is 12.5 Å². The molecule has 0 fully saturated rings. The number of hydrogen-bond donors (Lipinski definition) is 1. The second-order valence-corrected chi connectivity index (χ2v) is 3.60. The lowest BCUT2D eigenvalue weighted by molar-refractivity contribution is 0.597. The maximum atomic E-state index is 13.2. The van der Waals surface area contributed by atoms with E-state index in [-0.39, 0.29) is 5.82 Å². The van der Waals surface area contributed by atoms with Crippen LogP contribution in [0.5, 0.6) is 0 Å². The van der Waals surface area contributed by atoms with Gasteiger partial charge in [0.1, 0.15) is 5.82 Å². The van der Waals surface area contributed by atoms with Crippen molar-refractivity contribution in [3.8, 4) is 0 Å². The first-order valence-corrected chi connectivity index (χ1v) is 5.53. The average molecular weight is 199 g/mol. The lowest BCUT2D eigenvalue weighted by Crippen LogP contribution is -2.11. The van der Waals surface area contributed by atoms with E-state index in [2.05, 4.69) is 5.32 Å². The quantitative estimate of drug-likeness (QED) is 0.748. The Balaban J connectivity index is 2.71. The highest BCUT2D eigenvalue weighted by Crippen LogP contribution is 2.19. The normalized spacial score (nSPS) is 10.4. The molecule has 0 spiro atoms. The predicted octanol–water partition coefficient (Wildman–Crippen LogP) is 2.66. The molecule has 3 heteroatoms. The van der Waals surface area contributed by atoms with Gasteiger partial charge in [0.2, 0.25) is 0 Å². The third-order valence-electron chi connectivity index (χ3n) is 1.80. The summed E-state index contributed by atoms with van der Waals surface area (Å²) in [6.07, 6.45) is 1.88. The van der Waals surface area contributed by atoms with Gasteiger partial charge in [-0.25, -0.2) is 4.39 Å². The van der Waals surface area contributed by atoms with Crippen LogP contribution in [0, 0.1) is 5.82 Å². The van der Waals surface area contributed by atoms with Crippen LogP contribution < -0.4 is 5.32 Å². The van der Waals surface area contributed by atoms with E-state index >= 15 is 0 Å². The van der Waals surface area contributed by atoms with Gasteiger partial charge in [0.25, 0.3) is 0 Å². The van der Waals surface area contributed by atoms with E-state index in [1.807, 2.05) is 25.3 Å². The lowest BCUT2D eigenvalue weighted by atomic mass is 10.2. The summed E-state index contributed by atoms with van der Waals surface area (Å²) in [5, 5.41) is 3.16. The summed E-state index contributed by atoms with van der Waals surface area (Å²) in [5.41, 5.74) is 0.997. The van der Waals surface area contributed by atoms with Crippen LogP contribution >= 0.6 is 11.8 Å². The fourth-order valence-electron chi connectivity index (χ4n) is 1.09. The van der Waals surface area contributed by atoms with Crippen LogP contribution in [0.15, 0.2) is 23.1 Å². The number of thioether (sulfide) groups is 1. The molecule has 0 atom stereocenters. The Morgan fingerprint density at radius 2 is 2.23 bits per heavy atom. The molecule has 0 heterocycles. The van der Waals surface area contributed by atoms with Crippen molar-refractivity contribution >= 4 is 11.8 Å². The van der Waals surface area contributed by atoms with Gasteiger partial charge in [0.05, 0.1) is 0 Å². The molecule has 0 aliphatic heterocycles. The number of nitrogens with one attached hydrogen (secondary N) is 1. The van der Waals surface area contributed by atoms with Crippen molar-refractivity contribution in [1.82, 2.24) is 5.32 Å². The molecule has 0 amide bonds. The Morgan fingerprint density at radius 1 is 1.46 bits per heavy atom. The van der Waals surface area contributed by atoms with Crippen LogP contribution in [-0.2, 0) is 6.54 Å². The summed E-state index contributed by atoms with van der Waals surface area (Å²) in [4.78, 5) is 0.709. The van der Waals surface area contributed by atoms with Crippen molar-refractivity contribution in [2.45, 2.75) is 18.4 Å². The number of halogens is 1. The van der Waals surface area contributed by atoms with Gasteiger partial charge >= 0.3 is 0 Å². The summed E-state index contributed by atoms with van der Waals surface area (Å²) < 4.78 is 13.2. The van der Waals surface area contributed by atoms with Crippen LogP contribution in [0.2, 0.25) is 0 Å². The zero-order valence-corrected chi connectivity index (χ0v) is 8.75. The first-order valence-electron chi connectivity index (χ1n) is 4.31. The van der Waals surface area contributed by atoms with Gasteiger partial charge in [0.15, 0.2) is 0 Å². The molecule has 1 aromatic carbocycles. The van der Waals surface area contributed by atoms with E-state index in [9.17, 15) is 4.39 Å². The molecular formula is C10H14FNS. The predicted molar refractivity (Wildman–Crippen MR) is 55.6 cm³/mol. The molecule has 1 aromatic rings. The molecule has 0 saturated carbocycles. The highest BCUT2D eigenvalue weighted by Gasteiger charge is 2.01. The average Bonchev–Trinajstić information content (AvgIpc) is 2.15. The maximum absolute atomic E-state index is 13.2. The maximum Gasteiger partial charge on any atom is 0.137 e. The molecule has 72 valence electrons. The first kappa shape index (κ1) is 10.5. The van der Waals surface area contributed by atoms with Crippen molar-refractivity contribution in [2.75, 3.05) is 12.8 Å². The summed E-state index contributed by atoms with van der Waals surface area (Å²) in [6.45, 7) is 3.68. The molecular weight excluding hydrogens is 185 g/mol. The monoisotopic (exact) mass is 199 g/mol. The van der Waals surface area contributed by atoms with Gasteiger partial charge < -0.3 is 5.32 Å². The lowest BCUT2D eigenvalue weighted by Gasteiger charge is -2.04. The van der Waals surface area contributed by atoms with Gasteiger partial charge in [-0.2, -0.15) is 0 Å². The third-order valence-corrected chi connectivity index (χ3v) is 2.57. The second-order valence-electron chi connectivity index (χ2n) is 2.75. The standard InChI is InChI=1S/C10H14FNS/c1-3-12-7-8-4-5-10(13-2)9(11)6-8/h4-6,12H,3,7H2,1-2H3. The molecule has 0 aliphatic carbocycles. The molecule has 13 heavy (non-hydrogen) atoms. The Labute approximate surface area is 82.7 Å². The Kier molecular flexibility index (Phi) is 4.25. The van der Waals surface area contributed by atoms with Crippen LogP contribution in [0.3, 0.4) is 0 Å². The fraction of sp³-hybridized carbons (Fsp3) is 0.400. The molecule has 0 unspecified atom stereocenters. The van der Waals surface area contributed by atoms with Crippen molar-refractivity contribution in [3.63, 3.8) is 0 Å². The van der Waals surface area contributed by atoms with Gasteiger partial charge in [-0.05, 0) is 30.5 Å². The van der Waals surface area contributed by atoms with E-state index in [1.165, 1.54) is 11.8 Å². The third kappa shape index (κ3) is 3.01. The molecule has 0 bridgehead atoms. The zero-order valence-electron chi connectivity index (χ0n) is 7.93. The van der Waals surface area contributed by atoms with Crippen LogP contribution in [0.25, 0.3) is 0 Å². The Hall–Kier alpha value is -0.540. The minimum absolute atomic E-state index is 0.122. The minimum Gasteiger partial charge on any atom is -0.313 e. The van der Waals surface area contributed by atoms with Gasteiger partial charge in [-0.15, -0.1) is 11.8 Å². The first-order chi connectivity index (χ1) is 6.27. The summed E-state index contributed by atoms with van der Waals surface area (Å²) >= 11 is 1.43. The molecule has 0 radical (unpaired) electrons. The van der Waals surface area contributed by atoms with Crippen molar-refractivity contribution < 1.29 is 4.39 Å². The number of hydrogen-bond acceptors (Lipinski definition) is 2. The topological polar surface area (TPSA) is 12.0 Å². The molecule has 0 aliphatic rings. The number of benzene rings is 1. The molecule has 1 rings (SSSR count). The van der Waals surface area contributed by atoms with Crippen molar-refractivity contribution in [3.05, 3.63) is 29.6 Å². The van der Waals surface area contributed by atoms with Crippen molar-refractivity contribution in [2.24, 2.45) is 0 Å². The van der Waals surface area contributed by atoms with E-state index in [4.69, 9.17) is 0 Å². The Bertz CT molecular complexity index is 276. The van der Waals surface area contributed by atoms with Gasteiger partial charge in [-0.3, -0.25) is 0 Å². The van der Waals surface area contributed by atoms with E-state index < -0.39 is 0 Å². The molecule has 1 N–H and O–H groups in total. The highest BCUT2D eigenvalue weighted by molar-refractivity contribution is 7.98. The van der Waals surface area contributed by atoms with E-state index in [0.29, 0.717) is 4.90 Å². The molecule has 1 nitrogen and oxygen atoms in total. The minimum atomic E-state index is -0.122. The van der Waals surface area contributed by atoms with Crippen LogP contribution in [-0.4, -0.2) is 12.8 Å². The number of rotatable bonds is 4. The molecule has 0 aromatic heterocycles. The second kappa shape index (κ2) is 5.25. The van der Waals surface area contributed by atoms with E-state index in [1.54, 1.807) is 6.07 Å². The fourth-order valence-corrected chi connectivity index (χ4v) is 1.55. The van der Waals surface area contributed by atoms with E-state index in [0.717, 1.165) is 18.7 Å². The summed E-state index contributed by atoms with van der Waals surface area (Å²) in [5.74, 6) is -0.122. The largest absolute Gasteiger partial charge is 0.313 e.